The second kappa shape index (κ2) is 8.20. The molecule has 2 atom stereocenters. The van der Waals surface area contributed by atoms with Gasteiger partial charge in [-0.15, -0.1) is 0 Å². The van der Waals surface area contributed by atoms with E-state index >= 15 is 0 Å². The van der Waals surface area contributed by atoms with Crippen molar-refractivity contribution in [1.82, 2.24) is 4.90 Å². The average molecular weight is 411 g/mol. The number of fused-ring (bicyclic) bond motifs is 1. The fourth-order valence-electron chi connectivity index (χ4n) is 3.65. The summed E-state index contributed by atoms with van der Waals surface area (Å²) >= 11 is 0. The molecule has 3 aromatic carbocycles. The number of halogens is 2. The van der Waals surface area contributed by atoms with Crippen LogP contribution in [-0.2, 0) is 16.1 Å². The summed E-state index contributed by atoms with van der Waals surface area (Å²) in [5.74, 6) is -3.30. The summed E-state index contributed by atoms with van der Waals surface area (Å²) in [5, 5.41) is 11.9. The Hall–Kier alpha value is -3.32. The minimum Gasteiger partial charge on any atom is -0.459 e. The summed E-state index contributed by atoms with van der Waals surface area (Å²) in [7, 11) is 0. The molecule has 0 spiro atoms. The summed E-state index contributed by atoms with van der Waals surface area (Å²) in [5.41, 5.74) is 0.283. The maximum absolute atomic E-state index is 13.8. The van der Waals surface area contributed by atoms with Crippen LogP contribution in [0.25, 0.3) is 10.8 Å². The summed E-state index contributed by atoms with van der Waals surface area (Å²) < 4.78 is 32.2. The Morgan fingerprint density at radius 3 is 2.60 bits per heavy atom. The molecular formula is C23H19F2NO4. The van der Waals surface area contributed by atoms with Crippen molar-refractivity contribution in [2.45, 2.75) is 25.2 Å². The molecule has 1 N–H and O–H groups in total. The molecule has 1 aliphatic rings. The molecule has 0 saturated carbocycles. The lowest BCUT2D eigenvalue weighted by Crippen LogP contribution is -2.41. The first-order chi connectivity index (χ1) is 14.4. The van der Waals surface area contributed by atoms with E-state index in [1.165, 1.54) is 17.0 Å². The van der Waals surface area contributed by atoms with Gasteiger partial charge in [0.25, 0.3) is 5.91 Å². The highest BCUT2D eigenvalue weighted by Gasteiger charge is 2.40. The van der Waals surface area contributed by atoms with E-state index in [0.717, 1.165) is 16.8 Å². The standard InChI is InChI=1S/C23H19F2NO4/c24-19-7-3-6-17(21(19)25)13-30-23(29)20-11-18(27)12-26(20)22(28)16-9-8-14-4-1-2-5-15(14)10-16/h1-10,18,20,27H,11-13H2. The van der Waals surface area contributed by atoms with Crippen LogP contribution in [0.1, 0.15) is 22.3 Å². The fraction of sp³-hybridized carbons (Fsp3) is 0.217. The van der Waals surface area contributed by atoms with E-state index in [4.69, 9.17) is 4.74 Å². The fourth-order valence-corrected chi connectivity index (χ4v) is 3.65. The molecule has 0 radical (unpaired) electrons. The van der Waals surface area contributed by atoms with Crippen LogP contribution in [0.5, 0.6) is 0 Å². The Balaban J connectivity index is 1.51. The van der Waals surface area contributed by atoms with E-state index in [9.17, 15) is 23.5 Å². The van der Waals surface area contributed by atoms with Gasteiger partial charge in [-0.3, -0.25) is 4.79 Å². The predicted molar refractivity (Wildman–Crippen MR) is 106 cm³/mol. The van der Waals surface area contributed by atoms with Crippen LogP contribution in [0.2, 0.25) is 0 Å². The van der Waals surface area contributed by atoms with Crippen LogP contribution in [0.15, 0.2) is 60.7 Å². The predicted octanol–water partition coefficient (Wildman–Crippen LogP) is 3.44. The lowest BCUT2D eigenvalue weighted by Gasteiger charge is -2.23. The van der Waals surface area contributed by atoms with Gasteiger partial charge in [-0.05, 0) is 29.0 Å². The number of hydrogen-bond donors (Lipinski definition) is 1. The molecule has 1 amide bonds. The molecule has 3 aromatic rings. The van der Waals surface area contributed by atoms with Crippen molar-refractivity contribution in [3.63, 3.8) is 0 Å². The number of β-amino-alcohol motifs (C(OH)–C–C–N with tert-alkyl or cyclic N) is 1. The van der Waals surface area contributed by atoms with Crippen LogP contribution in [0.3, 0.4) is 0 Å². The minimum absolute atomic E-state index is 0.0141. The molecule has 1 aliphatic heterocycles. The van der Waals surface area contributed by atoms with Crippen LogP contribution in [0.4, 0.5) is 8.78 Å². The van der Waals surface area contributed by atoms with Crippen molar-refractivity contribution < 1.29 is 28.2 Å². The first-order valence-corrected chi connectivity index (χ1v) is 9.51. The zero-order valence-electron chi connectivity index (χ0n) is 15.9. The molecule has 5 nitrogen and oxygen atoms in total. The molecule has 1 heterocycles. The van der Waals surface area contributed by atoms with Crippen molar-refractivity contribution in [3.05, 3.63) is 83.4 Å². The second-order valence-electron chi connectivity index (χ2n) is 7.25. The monoisotopic (exact) mass is 411 g/mol. The number of carbonyl (C=O) groups is 2. The zero-order chi connectivity index (χ0) is 21.3. The molecule has 4 rings (SSSR count). The van der Waals surface area contributed by atoms with Crippen LogP contribution >= 0.6 is 0 Å². The average Bonchev–Trinajstić information content (AvgIpc) is 3.15. The van der Waals surface area contributed by atoms with E-state index in [1.807, 2.05) is 30.3 Å². The maximum Gasteiger partial charge on any atom is 0.329 e. The smallest absolute Gasteiger partial charge is 0.329 e. The first kappa shape index (κ1) is 20.0. The number of nitrogens with zero attached hydrogens (tertiary/aromatic N) is 1. The number of aliphatic hydroxyl groups excluding tert-OH is 1. The van der Waals surface area contributed by atoms with Gasteiger partial charge in [0.2, 0.25) is 0 Å². The van der Waals surface area contributed by atoms with E-state index in [-0.39, 0.29) is 18.5 Å². The number of aliphatic hydroxyl groups is 1. The molecule has 0 aromatic heterocycles. The number of benzene rings is 3. The second-order valence-corrected chi connectivity index (χ2v) is 7.25. The van der Waals surface area contributed by atoms with Crippen molar-refractivity contribution in [2.24, 2.45) is 0 Å². The van der Waals surface area contributed by atoms with Gasteiger partial charge >= 0.3 is 5.97 Å². The highest BCUT2D eigenvalue weighted by Crippen LogP contribution is 2.24. The van der Waals surface area contributed by atoms with Gasteiger partial charge < -0.3 is 14.7 Å². The quantitative estimate of drug-likeness (QED) is 0.668. The summed E-state index contributed by atoms with van der Waals surface area (Å²) in [6.45, 7) is -0.479. The normalized spacial score (nSPS) is 18.6. The van der Waals surface area contributed by atoms with Gasteiger partial charge in [0.1, 0.15) is 12.6 Å². The lowest BCUT2D eigenvalue weighted by atomic mass is 10.1. The Kier molecular flexibility index (Phi) is 5.46. The van der Waals surface area contributed by atoms with Gasteiger partial charge in [-0.25, -0.2) is 13.6 Å². The third kappa shape index (κ3) is 3.89. The van der Waals surface area contributed by atoms with Crippen LogP contribution < -0.4 is 0 Å². The molecule has 0 aliphatic carbocycles. The summed E-state index contributed by atoms with van der Waals surface area (Å²) in [4.78, 5) is 26.9. The number of likely N-dealkylation sites (tertiary alicyclic amines) is 1. The SMILES string of the molecule is O=C(OCc1cccc(F)c1F)C1CC(O)CN1C(=O)c1ccc2ccccc2c1. The highest BCUT2D eigenvalue weighted by atomic mass is 19.2. The number of carbonyl (C=O) groups excluding carboxylic acids is 2. The molecule has 30 heavy (non-hydrogen) atoms. The van der Waals surface area contributed by atoms with Gasteiger partial charge in [0.15, 0.2) is 11.6 Å². The zero-order valence-corrected chi connectivity index (χ0v) is 15.9. The van der Waals surface area contributed by atoms with Crippen molar-refractivity contribution >= 4 is 22.6 Å². The van der Waals surface area contributed by atoms with Crippen molar-refractivity contribution in [2.75, 3.05) is 6.54 Å². The van der Waals surface area contributed by atoms with Crippen LogP contribution in [0, 0.1) is 11.6 Å². The molecule has 7 heteroatoms. The number of ether oxygens (including phenoxy) is 1. The Labute approximate surface area is 171 Å². The third-order valence-electron chi connectivity index (χ3n) is 5.21. The maximum atomic E-state index is 13.8. The summed E-state index contributed by atoms with van der Waals surface area (Å²) in [6, 6.07) is 15.4. The number of hydrogen-bond acceptors (Lipinski definition) is 4. The molecule has 1 saturated heterocycles. The summed E-state index contributed by atoms with van der Waals surface area (Å²) in [6.07, 6.45) is -0.859. The third-order valence-corrected chi connectivity index (χ3v) is 5.21. The van der Waals surface area contributed by atoms with E-state index in [1.54, 1.807) is 12.1 Å². The number of rotatable bonds is 4. The lowest BCUT2D eigenvalue weighted by molar-refractivity contribution is -0.149. The molecule has 2 unspecified atom stereocenters. The number of amides is 1. The minimum atomic E-state index is -1.08. The van der Waals surface area contributed by atoms with Gasteiger partial charge in [0.05, 0.1) is 6.10 Å². The molecule has 1 fully saturated rings. The van der Waals surface area contributed by atoms with E-state index < -0.39 is 42.3 Å². The Bertz CT molecular complexity index is 1120. The largest absolute Gasteiger partial charge is 0.459 e. The van der Waals surface area contributed by atoms with E-state index in [2.05, 4.69) is 0 Å². The van der Waals surface area contributed by atoms with Gasteiger partial charge in [-0.2, -0.15) is 0 Å². The van der Waals surface area contributed by atoms with Crippen molar-refractivity contribution in [3.8, 4) is 0 Å². The van der Waals surface area contributed by atoms with E-state index in [0.29, 0.717) is 5.56 Å². The first-order valence-electron chi connectivity index (χ1n) is 9.51. The molecule has 154 valence electrons. The Morgan fingerprint density at radius 2 is 1.80 bits per heavy atom. The van der Waals surface area contributed by atoms with Gasteiger partial charge in [0, 0.05) is 24.1 Å². The Morgan fingerprint density at radius 1 is 1.03 bits per heavy atom. The number of esters is 1. The topological polar surface area (TPSA) is 66.8 Å². The van der Waals surface area contributed by atoms with Crippen LogP contribution in [-0.4, -0.2) is 40.6 Å². The van der Waals surface area contributed by atoms with Crippen molar-refractivity contribution in [1.29, 1.82) is 0 Å². The van der Waals surface area contributed by atoms with Gasteiger partial charge in [-0.1, -0.05) is 42.5 Å². The molecular weight excluding hydrogens is 392 g/mol. The molecule has 0 bridgehead atoms. The highest BCUT2D eigenvalue weighted by molar-refractivity contribution is 6.00.